The van der Waals surface area contributed by atoms with Gasteiger partial charge in [-0.15, -0.1) is 0 Å². The molecule has 2 N–H and O–H groups in total. The maximum absolute atomic E-state index is 11.8. The molecule has 0 radical (unpaired) electrons. The van der Waals surface area contributed by atoms with Crippen LogP contribution in [0.15, 0.2) is 33.4 Å². The molecule has 0 saturated carbocycles. The maximum atomic E-state index is 11.8. The van der Waals surface area contributed by atoms with Crippen LogP contribution in [0.25, 0.3) is 0 Å². The molecule has 2 rings (SSSR count). The highest BCUT2D eigenvalue weighted by Gasteiger charge is 2.35. The van der Waals surface area contributed by atoms with E-state index in [4.69, 9.17) is 10.2 Å². The van der Waals surface area contributed by atoms with Gasteiger partial charge < -0.3 is 14.6 Å². The molecule has 9 heteroatoms. The molecule has 0 aromatic carbocycles. The molecule has 20 heavy (non-hydrogen) atoms. The van der Waals surface area contributed by atoms with Gasteiger partial charge in [-0.2, -0.15) is 24.5 Å². The fourth-order valence-electron chi connectivity index (χ4n) is 0.991. The van der Waals surface area contributed by atoms with Gasteiger partial charge in [-0.3, -0.25) is 0 Å². The topological polar surface area (TPSA) is 87.7 Å². The third-order valence-electron chi connectivity index (χ3n) is 1.86. The lowest BCUT2D eigenvalue weighted by molar-refractivity contribution is -0.153. The van der Waals surface area contributed by atoms with E-state index in [0.29, 0.717) is 11.6 Å². The number of hydrogen-bond donors (Lipinski definition) is 2. The lowest BCUT2D eigenvalue weighted by atomic mass is 10.4. The van der Waals surface area contributed by atoms with Gasteiger partial charge in [0.25, 0.3) is 0 Å². The van der Waals surface area contributed by atoms with E-state index in [-0.39, 0.29) is 0 Å². The van der Waals surface area contributed by atoms with E-state index in [1.807, 2.05) is 0 Å². The van der Waals surface area contributed by atoms with Crippen LogP contribution >= 0.6 is 11.3 Å². The highest BCUT2D eigenvalue weighted by molar-refractivity contribution is 7.08. The highest BCUT2D eigenvalue weighted by atomic mass is 32.1. The fourth-order valence-corrected chi connectivity index (χ4v) is 1.62. The van der Waals surface area contributed by atoms with Gasteiger partial charge in [0.2, 0.25) is 11.5 Å². The average Bonchev–Trinajstić information content (AvgIpc) is 3.01. The summed E-state index contributed by atoms with van der Waals surface area (Å²) < 4.78 is 39.3. The predicted octanol–water partition coefficient (Wildman–Crippen LogP) is 3.44. The Morgan fingerprint density at radius 3 is 2.00 bits per heavy atom. The van der Waals surface area contributed by atoms with Crippen LogP contribution in [0.2, 0.25) is 0 Å². The van der Waals surface area contributed by atoms with Crippen molar-refractivity contribution < 1.29 is 37.4 Å². The smallest absolute Gasteiger partial charge is 0.449 e. The first-order chi connectivity index (χ1) is 9.21. The highest BCUT2D eigenvalue weighted by Crippen LogP contribution is 2.30. The zero-order valence-corrected chi connectivity index (χ0v) is 10.4. The van der Waals surface area contributed by atoms with E-state index in [9.17, 15) is 22.8 Å². The van der Waals surface area contributed by atoms with E-state index in [1.54, 1.807) is 16.8 Å². The molecule has 0 atom stereocenters. The Morgan fingerprint density at radius 1 is 1.10 bits per heavy atom. The van der Waals surface area contributed by atoms with Crippen molar-refractivity contribution in [2.45, 2.75) is 6.18 Å². The summed E-state index contributed by atoms with van der Waals surface area (Å²) in [6.45, 7) is 0. The number of carbonyl (C=O) groups is 2. The summed E-state index contributed by atoms with van der Waals surface area (Å²) >= 11 is 1.39. The molecule has 0 saturated heterocycles. The number of furan rings is 1. The van der Waals surface area contributed by atoms with Crippen LogP contribution in [0.5, 0.6) is 0 Å². The molecule has 2 heterocycles. The van der Waals surface area contributed by atoms with E-state index >= 15 is 0 Å². The second-order valence-corrected chi connectivity index (χ2v) is 4.06. The Kier molecular flexibility index (Phi) is 4.92. The number of carboxylic acid groups (broad SMARTS) is 2. The molecule has 2 aromatic rings. The normalized spacial score (nSPS) is 10.6. The fraction of sp³-hybridized carbons (Fsp3) is 0.0909. The second-order valence-electron chi connectivity index (χ2n) is 3.28. The first kappa shape index (κ1) is 15.8. The van der Waals surface area contributed by atoms with Crippen LogP contribution in [-0.4, -0.2) is 22.2 Å². The van der Waals surface area contributed by atoms with E-state index in [1.165, 1.54) is 11.3 Å². The molecule has 0 spiro atoms. The Labute approximate surface area is 113 Å². The average molecular weight is 308 g/mol. The predicted molar refractivity (Wildman–Crippen MR) is 61.9 cm³/mol. The van der Waals surface area contributed by atoms with Crippen LogP contribution < -0.4 is 0 Å². The number of thiophene rings is 1. The van der Waals surface area contributed by atoms with Crippen molar-refractivity contribution in [2.75, 3.05) is 0 Å². The number of carboxylic acids is 2. The first-order valence-electron chi connectivity index (χ1n) is 4.87. The Hall–Kier alpha value is -2.29. The van der Waals surface area contributed by atoms with Crippen molar-refractivity contribution in [2.24, 2.45) is 0 Å². The van der Waals surface area contributed by atoms with Crippen LogP contribution in [0.3, 0.4) is 0 Å². The molecule has 108 valence electrons. The van der Waals surface area contributed by atoms with Crippen molar-refractivity contribution >= 4 is 23.3 Å². The van der Waals surface area contributed by atoms with Gasteiger partial charge >= 0.3 is 18.1 Å². The summed E-state index contributed by atoms with van der Waals surface area (Å²) in [5.74, 6) is -4.40. The van der Waals surface area contributed by atoms with Crippen molar-refractivity contribution in [3.05, 3.63) is 46.0 Å². The summed E-state index contributed by atoms with van der Waals surface area (Å²) in [5.41, 5.74) is 0.370. The summed E-state index contributed by atoms with van der Waals surface area (Å²) in [6.07, 6.45) is -4.63. The summed E-state index contributed by atoms with van der Waals surface area (Å²) in [5, 5.41) is 19.8. The van der Waals surface area contributed by atoms with Gasteiger partial charge in [0.15, 0.2) is 0 Å². The largest absolute Gasteiger partial charge is 0.478 e. The lowest BCUT2D eigenvalue weighted by Gasteiger charge is -1.99. The van der Waals surface area contributed by atoms with Crippen molar-refractivity contribution in [3.63, 3.8) is 0 Å². The van der Waals surface area contributed by atoms with Crippen LogP contribution in [0.4, 0.5) is 13.2 Å². The third kappa shape index (κ3) is 4.43. The van der Waals surface area contributed by atoms with Crippen LogP contribution in [-0.2, 0) is 6.18 Å². The molecule has 2 aromatic heterocycles. The van der Waals surface area contributed by atoms with Crippen LogP contribution in [0, 0.1) is 0 Å². The van der Waals surface area contributed by atoms with Crippen molar-refractivity contribution in [3.8, 4) is 0 Å². The molecular formula is C11H7F3O5S. The number of halogens is 3. The zero-order chi connectivity index (χ0) is 15.3. The lowest BCUT2D eigenvalue weighted by Crippen LogP contribution is -2.02. The standard InChI is InChI=1S/C6H3F3O3.C5H4O2S/c7-6(8,9)4-2-1-3(12-4)5(10)11;6-5(7)4-1-2-8-3-4/h1-2H,(H,10,11);1-3H,(H,6,7). The zero-order valence-electron chi connectivity index (χ0n) is 9.55. The van der Waals surface area contributed by atoms with E-state index in [0.717, 1.165) is 6.07 Å². The van der Waals surface area contributed by atoms with E-state index < -0.39 is 29.6 Å². The monoisotopic (exact) mass is 308 g/mol. The quantitative estimate of drug-likeness (QED) is 0.887. The van der Waals surface area contributed by atoms with Gasteiger partial charge in [0.05, 0.1) is 5.56 Å². The van der Waals surface area contributed by atoms with Crippen molar-refractivity contribution in [1.29, 1.82) is 0 Å². The van der Waals surface area contributed by atoms with Gasteiger partial charge in [-0.05, 0) is 23.6 Å². The van der Waals surface area contributed by atoms with Crippen molar-refractivity contribution in [1.82, 2.24) is 0 Å². The van der Waals surface area contributed by atoms with Gasteiger partial charge in [0, 0.05) is 5.38 Å². The third-order valence-corrected chi connectivity index (χ3v) is 2.55. The molecule has 0 fully saturated rings. The van der Waals surface area contributed by atoms with Crippen LogP contribution in [0.1, 0.15) is 26.7 Å². The SMILES string of the molecule is O=C(O)c1ccc(C(F)(F)F)o1.O=C(O)c1ccsc1. The minimum Gasteiger partial charge on any atom is -0.478 e. The molecule has 5 nitrogen and oxygen atoms in total. The molecule has 0 bridgehead atoms. The Morgan fingerprint density at radius 2 is 1.75 bits per heavy atom. The molecule has 0 amide bonds. The molecular weight excluding hydrogens is 301 g/mol. The minimum atomic E-state index is -4.63. The number of aromatic carboxylic acids is 2. The first-order valence-corrected chi connectivity index (χ1v) is 5.82. The molecule has 0 aliphatic carbocycles. The van der Waals surface area contributed by atoms with Gasteiger partial charge in [0.1, 0.15) is 0 Å². The Bertz CT molecular complexity index is 585. The molecule has 0 aliphatic heterocycles. The maximum Gasteiger partial charge on any atom is 0.449 e. The number of alkyl halides is 3. The summed E-state index contributed by atoms with van der Waals surface area (Å²) in [6, 6.07) is 2.90. The number of rotatable bonds is 2. The summed E-state index contributed by atoms with van der Waals surface area (Å²) in [7, 11) is 0. The van der Waals surface area contributed by atoms with Gasteiger partial charge in [-0.25, -0.2) is 9.59 Å². The molecule has 0 aliphatic rings. The second kappa shape index (κ2) is 6.24. The Balaban J connectivity index is 0.000000217. The summed E-state index contributed by atoms with van der Waals surface area (Å²) in [4.78, 5) is 20.1. The van der Waals surface area contributed by atoms with E-state index in [2.05, 4.69) is 4.42 Å². The minimum absolute atomic E-state index is 0.370. The molecule has 0 unspecified atom stereocenters. The number of hydrogen-bond acceptors (Lipinski definition) is 4. The van der Waals surface area contributed by atoms with Gasteiger partial charge in [-0.1, -0.05) is 0 Å².